The Bertz CT molecular complexity index is 238. The van der Waals surface area contributed by atoms with E-state index in [2.05, 4.69) is 24.5 Å². The fraction of sp³-hybridized carbons (Fsp3) is 0.917. The van der Waals surface area contributed by atoms with Crippen molar-refractivity contribution >= 4 is 5.91 Å². The van der Waals surface area contributed by atoms with Crippen LogP contribution in [0.1, 0.15) is 26.7 Å². The predicted octanol–water partition coefficient (Wildman–Crippen LogP) is -0.110. The Balaban J connectivity index is 2.26. The highest BCUT2D eigenvalue weighted by atomic mass is 16.5. The molecule has 17 heavy (non-hydrogen) atoms. The highest BCUT2D eigenvalue weighted by Gasteiger charge is 2.24. The molecule has 0 aliphatic carbocycles. The summed E-state index contributed by atoms with van der Waals surface area (Å²) < 4.78 is 5.37. The molecule has 1 fully saturated rings. The normalized spacial score (nSPS) is 21.2. The number of aliphatic hydroxyl groups is 1. The minimum Gasteiger partial charge on any atom is -0.396 e. The van der Waals surface area contributed by atoms with Gasteiger partial charge in [-0.3, -0.25) is 4.79 Å². The van der Waals surface area contributed by atoms with Crippen molar-refractivity contribution < 1.29 is 14.6 Å². The molecule has 1 atom stereocenters. The van der Waals surface area contributed by atoms with E-state index in [9.17, 15) is 4.79 Å². The number of morpholine rings is 1. The Labute approximate surface area is 103 Å². The first-order chi connectivity index (χ1) is 8.05. The second-order valence-corrected chi connectivity index (χ2v) is 5.27. The quantitative estimate of drug-likeness (QED) is 0.610. The zero-order valence-corrected chi connectivity index (χ0v) is 10.8. The van der Waals surface area contributed by atoms with E-state index in [0.29, 0.717) is 19.7 Å². The van der Waals surface area contributed by atoms with Crippen LogP contribution in [0, 0.1) is 5.41 Å². The molecule has 0 aromatic rings. The molecule has 1 rings (SSSR count). The summed E-state index contributed by atoms with van der Waals surface area (Å²) in [5, 5.41) is 14.8. The van der Waals surface area contributed by atoms with Crippen LogP contribution in [0.25, 0.3) is 0 Å². The highest BCUT2D eigenvalue weighted by Crippen LogP contribution is 2.20. The second kappa shape index (κ2) is 6.93. The van der Waals surface area contributed by atoms with E-state index in [1.165, 1.54) is 0 Å². The molecule has 5 heteroatoms. The molecule has 0 aromatic heterocycles. The topological polar surface area (TPSA) is 70.6 Å². The van der Waals surface area contributed by atoms with Crippen molar-refractivity contribution in [2.75, 3.05) is 32.8 Å². The minimum absolute atomic E-state index is 0.0144. The molecule has 0 radical (unpaired) electrons. The van der Waals surface area contributed by atoms with Crippen LogP contribution in [0.3, 0.4) is 0 Å². The summed E-state index contributed by atoms with van der Waals surface area (Å²) in [5.41, 5.74) is 0.0144. The monoisotopic (exact) mass is 244 g/mol. The molecule has 0 aromatic carbocycles. The number of amides is 1. The van der Waals surface area contributed by atoms with Gasteiger partial charge in [-0.25, -0.2) is 0 Å². The first kappa shape index (κ1) is 14.4. The summed E-state index contributed by atoms with van der Waals surface area (Å²) in [7, 11) is 0. The average molecular weight is 244 g/mol. The Morgan fingerprint density at radius 3 is 2.94 bits per heavy atom. The third-order valence-electron chi connectivity index (χ3n) is 2.97. The molecule has 1 aliphatic rings. The van der Waals surface area contributed by atoms with Gasteiger partial charge in [0, 0.05) is 26.2 Å². The maximum Gasteiger partial charge on any atom is 0.250 e. The number of hydrogen-bond acceptors (Lipinski definition) is 4. The summed E-state index contributed by atoms with van der Waals surface area (Å²) in [6.07, 6.45) is 1.30. The van der Waals surface area contributed by atoms with Crippen LogP contribution in [0.15, 0.2) is 0 Å². The third kappa shape index (κ3) is 5.48. The van der Waals surface area contributed by atoms with Crippen LogP contribution in [0.4, 0.5) is 0 Å². The number of carbonyl (C=O) groups excluding carboxylic acids is 1. The van der Waals surface area contributed by atoms with Crippen molar-refractivity contribution in [1.29, 1.82) is 0 Å². The van der Waals surface area contributed by atoms with Gasteiger partial charge in [0.05, 0.1) is 6.61 Å². The summed E-state index contributed by atoms with van der Waals surface area (Å²) in [6.45, 7) is 6.98. The largest absolute Gasteiger partial charge is 0.396 e. The SMILES string of the molecule is CC(C)(CCCO)CNC(=O)C1CNCCO1. The van der Waals surface area contributed by atoms with Gasteiger partial charge in [-0.2, -0.15) is 0 Å². The lowest BCUT2D eigenvalue weighted by Gasteiger charge is -2.27. The van der Waals surface area contributed by atoms with Gasteiger partial charge in [-0.1, -0.05) is 13.8 Å². The van der Waals surface area contributed by atoms with Gasteiger partial charge < -0.3 is 20.5 Å². The summed E-state index contributed by atoms with van der Waals surface area (Å²) in [5.74, 6) is -0.0470. The van der Waals surface area contributed by atoms with Crippen molar-refractivity contribution in [3.8, 4) is 0 Å². The van der Waals surface area contributed by atoms with E-state index in [1.807, 2.05) is 0 Å². The van der Waals surface area contributed by atoms with E-state index in [4.69, 9.17) is 9.84 Å². The number of carbonyl (C=O) groups is 1. The highest BCUT2D eigenvalue weighted by molar-refractivity contribution is 5.81. The minimum atomic E-state index is -0.364. The van der Waals surface area contributed by atoms with E-state index in [0.717, 1.165) is 19.4 Å². The summed E-state index contributed by atoms with van der Waals surface area (Å²) in [4.78, 5) is 11.8. The number of aliphatic hydroxyl groups excluding tert-OH is 1. The van der Waals surface area contributed by atoms with E-state index < -0.39 is 0 Å². The van der Waals surface area contributed by atoms with Crippen LogP contribution >= 0.6 is 0 Å². The average Bonchev–Trinajstić information content (AvgIpc) is 2.35. The van der Waals surface area contributed by atoms with Gasteiger partial charge in [-0.05, 0) is 18.3 Å². The molecule has 1 aliphatic heterocycles. The first-order valence-electron chi connectivity index (χ1n) is 6.26. The van der Waals surface area contributed by atoms with Crippen LogP contribution in [0.5, 0.6) is 0 Å². The smallest absolute Gasteiger partial charge is 0.250 e. The van der Waals surface area contributed by atoms with E-state index in [-0.39, 0.29) is 24.0 Å². The Kier molecular flexibility index (Phi) is 5.88. The lowest BCUT2D eigenvalue weighted by molar-refractivity contribution is -0.134. The lowest BCUT2D eigenvalue weighted by atomic mass is 9.88. The Morgan fingerprint density at radius 2 is 2.35 bits per heavy atom. The number of ether oxygens (including phenoxy) is 1. The summed E-state index contributed by atoms with van der Waals surface area (Å²) >= 11 is 0. The standard InChI is InChI=1S/C12H24N2O3/c1-12(2,4-3-6-15)9-14-11(16)10-8-13-5-7-17-10/h10,13,15H,3-9H2,1-2H3,(H,14,16). The van der Waals surface area contributed by atoms with Gasteiger partial charge in [-0.15, -0.1) is 0 Å². The molecule has 0 saturated carbocycles. The molecule has 1 unspecified atom stereocenters. The maximum atomic E-state index is 11.8. The third-order valence-corrected chi connectivity index (χ3v) is 2.97. The van der Waals surface area contributed by atoms with Gasteiger partial charge in [0.25, 0.3) is 0 Å². The molecule has 1 heterocycles. The van der Waals surface area contributed by atoms with Crippen molar-refractivity contribution in [3.63, 3.8) is 0 Å². The Hall–Kier alpha value is -0.650. The molecule has 0 spiro atoms. The van der Waals surface area contributed by atoms with Crippen molar-refractivity contribution in [2.45, 2.75) is 32.8 Å². The number of hydrogen-bond donors (Lipinski definition) is 3. The molecule has 3 N–H and O–H groups in total. The molecule has 1 saturated heterocycles. The molecule has 100 valence electrons. The molecule has 1 amide bonds. The summed E-state index contributed by atoms with van der Waals surface area (Å²) in [6, 6.07) is 0. The van der Waals surface area contributed by atoms with Gasteiger partial charge in [0.2, 0.25) is 5.91 Å². The fourth-order valence-corrected chi connectivity index (χ4v) is 1.82. The first-order valence-corrected chi connectivity index (χ1v) is 6.26. The zero-order valence-electron chi connectivity index (χ0n) is 10.8. The lowest BCUT2D eigenvalue weighted by Crippen LogP contribution is -2.49. The molecule has 5 nitrogen and oxygen atoms in total. The zero-order chi connectivity index (χ0) is 12.7. The number of nitrogens with one attached hydrogen (secondary N) is 2. The van der Waals surface area contributed by atoms with Crippen LogP contribution < -0.4 is 10.6 Å². The fourth-order valence-electron chi connectivity index (χ4n) is 1.82. The number of rotatable bonds is 6. The van der Waals surface area contributed by atoms with Crippen LogP contribution in [-0.2, 0) is 9.53 Å². The van der Waals surface area contributed by atoms with Gasteiger partial charge in [0.15, 0.2) is 0 Å². The molecular formula is C12H24N2O3. The van der Waals surface area contributed by atoms with Crippen molar-refractivity contribution in [2.24, 2.45) is 5.41 Å². The van der Waals surface area contributed by atoms with E-state index >= 15 is 0 Å². The van der Waals surface area contributed by atoms with Crippen LogP contribution in [0.2, 0.25) is 0 Å². The Morgan fingerprint density at radius 1 is 1.59 bits per heavy atom. The predicted molar refractivity (Wildman–Crippen MR) is 65.7 cm³/mol. The second-order valence-electron chi connectivity index (χ2n) is 5.27. The molecular weight excluding hydrogens is 220 g/mol. The van der Waals surface area contributed by atoms with E-state index in [1.54, 1.807) is 0 Å². The van der Waals surface area contributed by atoms with Crippen molar-refractivity contribution in [3.05, 3.63) is 0 Å². The van der Waals surface area contributed by atoms with Crippen molar-refractivity contribution in [1.82, 2.24) is 10.6 Å². The van der Waals surface area contributed by atoms with Gasteiger partial charge >= 0.3 is 0 Å². The van der Waals surface area contributed by atoms with Gasteiger partial charge in [0.1, 0.15) is 6.10 Å². The van der Waals surface area contributed by atoms with Crippen LogP contribution in [-0.4, -0.2) is 50.0 Å². The maximum absolute atomic E-state index is 11.8. The molecule has 0 bridgehead atoms.